The maximum absolute atomic E-state index is 11.2. The standard InChI is InChI=1S/C26H32O6/c27-20-22(29-16-18-10-4-1-5-11-18)21(28)24-25(32-26(31-24)14-8-3-9-15-26)23(20)30-17-19-12-6-2-7-13-19/h1-2,4-7,10-13,20-25,27-28H,3,8-9,14-17H2/t20-,21+,22-,23+,24-,25+/m0/s1. The minimum absolute atomic E-state index is 0.286. The van der Waals surface area contributed by atoms with Gasteiger partial charge in [0.15, 0.2) is 5.79 Å². The third-order valence-corrected chi connectivity index (χ3v) is 6.88. The molecule has 5 rings (SSSR count). The van der Waals surface area contributed by atoms with Crippen LogP contribution in [0.4, 0.5) is 0 Å². The molecular formula is C26H32O6. The Balaban J connectivity index is 1.36. The number of hydrogen-bond acceptors (Lipinski definition) is 6. The average Bonchev–Trinajstić information content (AvgIpc) is 3.19. The summed E-state index contributed by atoms with van der Waals surface area (Å²) in [6.07, 6.45) is 0.127. The molecule has 1 spiro atoms. The lowest BCUT2D eigenvalue weighted by atomic mass is 9.84. The van der Waals surface area contributed by atoms with Crippen LogP contribution in [0.15, 0.2) is 60.7 Å². The van der Waals surface area contributed by atoms with Gasteiger partial charge in [0.2, 0.25) is 0 Å². The first-order chi connectivity index (χ1) is 15.7. The van der Waals surface area contributed by atoms with Gasteiger partial charge in [-0.05, 0) is 24.0 Å². The summed E-state index contributed by atoms with van der Waals surface area (Å²) in [7, 11) is 0. The van der Waals surface area contributed by atoms with Crippen LogP contribution in [0.1, 0.15) is 43.2 Å². The Hall–Kier alpha value is -1.80. The number of fused-ring (bicyclic) bond motifs is 1. The van der Waals surface area contributed by atoms with Crippen molar-refractivity contribution in [3.63, 3.8) is 0 Å². The maximum atomic E-state index is 11.2. The molecular weight excluding hydrogens is 408 g/mol. The molecule has 6 atom stereocenters. The van der Waals surface area contributed by atoms with Crippen LogP contribution in [0.2, 0.25) is 0 Å². The Bertz CT molecular complexity index is 853. The summed E-state index contributed by atoms with van der Waals surface area (Å²) in [5.41, 5.74) is 1.98. The van der Waals surface area contributed by atoms with Gasteiger partial charge in [0, 0.05) is 12.8 Å². The first-order valence-corrected chi connectivity index (χ1v) is 11.7. The minimum atomic E-state index is -1.04. The van der Waals surface area contributed by atoms with E-state index in [2.05, 4.69) is 0 Å². The zero-order chi connectivity index (χ0) is 22.0. The van der Waals surface area contributed by atoms with Crippen molar-refractivity contribution in [2.24, 2.45) is 0 Å². The van der Waals surface area contributed by atoms with Crippen molar-refractivity contribution >= 4 is 0 Å². The van der Waals surface area contributed by atoms with Crippen LogP contribution in [0.5, 0.6) is 0 Å². The summed E-state index contributed by atoms with van der Waals surface area (Å²) in [5, 5.41) is 22.4. The molecule has 0 bridgehead atoms. The Labute approximate surface area is 189 Å². The molecule has 32 heavy (non-hydrogen) atoms. The molecule has 3 aliphatic rings. The van der Waals surface area contributed by atoms with E-state index < -0.39 is 42.4 Å². The van der Waals surface area contributed by atoms with Gasteiger partial charge in [0.1, 0.15) is 36.6 Å². The Morgan fingerprint density at radius 1 is 0.688 bits per heavy atom. The third kappa shape index (κ3) is 4.49. The van der Waals surface area contributed by atoms with E-state index in [4.69, 9.17) is 18.9 Å². The van der Waals surface area contributed by atoms with E-state index in [0.29, 0.717) is 6.61 Å². The van der Waals surface area contributed by atoms with Gasteiger partial charge < -0.3 is 29.2 Å². The zero-order valence-corrected chi connectivity index (χ0v) is 18.2. The molecule has 6 heteroatoms. The quantitative estimate of drug-likeness (QED) is 0.718. The van der Waals surface area contributed by atoms with Gasteiger partial charge >= 0.3 is 0 Å². The predicted octanol–water partition coefficient (Wildman–Crippen LogP) is 3.34. The van der Waals surface area contributed by atoms with Crippen molar-refractivity contribution in [2.45, 2.75) is 87.7 Å². The lowest BCUT2D eigenvalue weighted by molar-refractivity contribution is -0.226. The molecule has 0 amide bonds. The lowest BCUT2D eigenvalue weighted by Gasteiger charge is -2.43. The normalized spacial score (nSPS) is 33.8. The van der Waals surface area contributed by atoms with Crippen LogP contribution in [0.3, 0.4) is 0 Å². The molecule has 6 nitrogen and oxygen atoms in total. The molecule has 2 aromatic rings. The fourth-order valence-electron chi connectivity index (χ4n) is 5.20. The molecule has 2 aliphatic carbocycles. The maximum Gasteiger partial charge on any atom is 0.169 e. The monoisotopic (exact) mass is 440 g/mol. The second-order valence-corrected chi connectivity index (χ2v) is 9.14. The summed E-state index contributed by atoms with van der Waals surface area (Å²) in [6, 6.07) is 19.6. The fraction of sp³-hybridized carbons (Fsp3) is 0.538. The van der Waals surface area contributed by atoms with E-state index in [0.717, 1.165) is 43.2 Å². The SMILES string of the molecule is O[C@@H]1[C@@H](OCc2ccccc2)[C@H](O)[C@@H](OCc2ccccc2)[C@H]2OC3(CCCCC3)O[C@@H]12. The smallest absolute Gasteiger partial charge is 0.169 e. The van der Waals surface area contributed by atoms with Crippen LogP contribution >= 0.6 is 0 Å². The highest BCUT2D eigenvalue weighted by molar-refractivity contribution is 5.15. The molecule has 172 valence electrons. The number of aliphatic hydroxyl groups is 2. The molecule has 2 saturated carbocycles. The van der Waals surface area contributed by atoms with E-state index >= 15 is 0 Å². The van der Waals surface area contributed by atoms with Gasteiger partial charge in [0.05, 0.1) is 13.2 Å². The van der Waals surface area contributed by atoms with E-state index in [1.807, 2.05) is 60.7 Å². The topological polar surface area (TPSA) is 77.4 Å². The van der Waals surface area contributed by atoms with Gasteiger partial charge in [-0.1, -0.05) is 67.1 Å². The highest BCUT2D eigenvalue weighted by Gasteiger charge is 2.60. The van der Waals surface area contributed by atoms with E-state index in [1.165, 1.54) is 0 Å². The number of benzene rings is 2. The third-order valence-electron chi connectivity index (χ3n) is 6.88. The van der Waals surface area contributed by atoms with Gasteiger partial charge in [-0.3, -0.25) is 0 Å². The first kappa shape index (κ1) is 22.0. The molecule has 0 radical (unpaired) electrons. The zero-order valence-electron chi connectivity index (χ0n) is 18.2. The fourth-order valence-corrected chi connectivity index (χ4v) is 5.20. The van der Waals surface area contributed by atoms with Gasteiger partial charge in [-0.2, -0.15) is 0 Å². The average molecular weight is 441 g/mol. The molecule has 1 saturated heterocycles. The predicted molar refractivity (Wildman–Crippen MR) is 118 cm³/mol. The minimum Gasteiger partial charge on any atom is -0.387 e. The van der Waals surface area contributed by atoms with Crippen molar-refractivity contribution in [1.29, 1.82) is 0 Å². The first-order valence-electron chi connectivity index (χ1n) is 11.7. The highest BCUT2D eigenvalue weighted by Crippen LogP contribution is 2.46. The molecule has 2 N–H and O–H groups in total. The summed E-state index contributed by atoms with van der Waals surface area (Å²) < 4.78 is 25.1. The Morgan fingerprint density at radius 3 is 1.81 bits per heavy atom. The van der Waals surface area contributed by atoms with Crippen molar-refractivity contribution in [2.75, 3.05) is 0 Å². The van der Waals surface area contributed by atoms with Crippen LogP contribution in [-0.4, -0.2) is 52.6 Å². The van der Waals surface area contributed by atoms with E-state index in [-0.39, 0.29) is 6.61 Å². The van der Waals surface area contributed by atoms with Crippen molar-refractivity contribution < 1.29 is 29.2 Å². The van der Waals surface area contributed by atoms with E-state index in [9.17, 15) is 10.2 Å². The van der Waals surface area contributed by atoms with Gasteiger partial charge in [-0.25, -0.2) is 0 Å². The summed E-state index contributed by atoms with van der Waals surface area (Å²) >= 11 is 0. The Morgan fingerprint density at radius 2 is 1.22 bits per heavy atom. The number of rotatable bonds is 6. The number of ether oxygens (including phenoxy) is 4. The molecule has 1 heterocycles. The second-order valence-electron chi connectivity index (χ2n) is 9.14. The lowest BCUT2D eigenvalue weighted by Crippen LogP contribution is -2.63. The largest absolute Gasteiger partial charge is 0.387 e. The highest BCUT2D eigenvalue weighted by atomic mass is 16.8. The van der Waals surface area contributed by atoms with Crippen LogP contribution in [-0.2, 0) is 32.2 Å². The van der Waals surface area contributed by atoms with Crippen molar-refractivity contribution in [3.05, 3.63) is 71.8 Å². The molecule has 0 unspecified atom stereocenters. The second kappa shape index (κ2) is 9.59. The number of aliphatic hydroxyl groups excluding tert-OH is 2. The van der Waals surface area contributed by atoms with Crippen LogP contribution in [0.25, 0.3) is 0 Å². The summed E-state index contributed by atoms with van der Waals surface area (Å²) in [5.74, 6) is -0.697. The van der Waals surface area contributed by atoms with E-state index in [1.54, 1.807) is 0 Å². The van der Waals surface area contributed by atoms with Crippen LogP contribution < -0.4 is 0 Å². The van der Waals surface area contributed by atoms with Crippen molar-refractivity contribution in [3.8, 4) is 0 Å². The summed E-state index contributed by atoms with van der Waals surface area (Å²) in [4.78, 5) is 0. The number of hydrogen-bond donors (Lipinski definition) is 2. The van der Waals surface area contributed by atoms with Gasteiger partial charge in [-0.15, -0.1) is 0 Å². The molecule has 2 aromatic carbocycles. The van der Waals surface area contributed by atoms with Crippen molar-refractivity contribution in [1.82, 2.24) is 0 Å². The molecule has 1 aliphatic heterocycles. The summed E-state index contributed by atoms with van der Waals surface area (Å²) in [6.45, 7) is 0.623. The van der Waals surface area contributed by atoms with Crippen LogP contribution in [0, 0.1) is 0 Å². The molecule has 0 aromatic heterocycles. The Kier molecular flexibility index (Phi) is 6.60. The van der Waals surface area contributed by atoms with Gasteiger partial charge in [0.25, 0.3) is 0 Å². The molecule has 3 fully saturated rings.